The fraction of sp³-hybridized carbons (Fsp3) is 0.435. The van der Waals surface area contributed by atoms with E-state index < -0.39 is 11.8 Å². The van der Waals surface area contributed by atoms with Crippen molar-refractivity contribution < 1.29 is 9.59 Å². The number of nitrogens with one attached hydrogen (secondary N) is 1. The van der Waals surface area contributed by atoms with Gasteiger partial charge in [-0.2, -0.15) is 0 Å². The minimum atomic E-state index is -0.513. The number of thiocarbonyl (C=S) groups is 1. The van der Waals surface area contributed by atoms with Crippen molar-refractivity contribution in [3.8, 4) is 0 Å². The van der Waals surface area contributed by atoms with Gasteiger partial charge in [0.15, 0.2) is 5.11 Å². The molecule has 0 saturated carbocycles. The number of hydrogen-bond acceptors (Lipinski definition) is 4. The third-order valence-corrected chi connectivity index (χ3v) is 6.40. The van der Waals surface area contributed by atoms with E-state index in [-0.39, 0.29) is 22.8 Å². The highest BCUT2D eigenvalue weighted by atomic mass is 35.5. The number of carbonyl (C=O) groups is 2. The van der Waals surface area contributed by atoms with Gasteiger partial charge in [-0.05, 0) is 74.2 Å². The fourth-order valence-electron chi connectivity index (χ4n) is 4.42. The first-order valence-electron chi connectivity index (χ1n) is 10.2. The zero-order chi connectivity index (χ0) is 22.2. The van der Waals surface area contributed by atoms with Crippen LogP contribution in [0.15, 0.2) is 30.4 Å². The van der Waals surface area contributed by atoms with Crippen molar-refractivity contribution in [3.05, 3.63) is 46.5 Å². The van der Waals surface area contributed by atoms with Crippen LogP contribution in [0.3, 0.4) is 0 Å². The zero-order valence-corrected chi connectivity index (χ0v) is 19.5. The monoisotopic (exact) mass is 445 g/mol. The Morgan fingerprint density at radius 1 is 1.37 bits per heavy atom. The van der Waals surface area contributed by atoms with E-state index in [0.717, 1.165) is 25.1 Å². The molecule has 1 fully saturated rings. The van der Waals surface area contributed by atoms with Gasteiger partial charge in [0.25, 0.3) is 11.8 Å². The van der Waals surface area contributed by atoms with Crippen LogP contribution in [0.25, 0.3) is 6.08 Å². The molecule has 160 valence electrons. The summed E-state index contributed by atoms with van der Waals surface area (Å²) in [6.45, 7) is 13.7. The van der Waals surface area contributed by atoms with Crippen molar-refractivity contribution >= 4 is 52.5 Å². The van der Waals surface area contributed by atoms with Gasteiger partial charge >= 0.3 is 0 Å². The van der Waals surface area contributed by atoms with Crippen LogP contribution in [0.5, 0.6) is 0 Å². The number of carbonyl (C=O) groups excluding carboxylic acids is 2. The molecule has 1 N–H and O–H groups in total. The second kappa shape index (κ2) is 8.52. The van der Waals surface area contributed by atoms with Crippen LogP contribution >= 0.6 is 23.8 Å². The summed E-state index contributed by atoms with van der Waals surface area (Å²) in [5, 5.41) is 3.17. The van der Waals surface area contributed by atoms with E-state index in [2.05, 4.69) is 44.5 Å². The van der Waals surface area contributed by atoms with Gasteiger partial charge in [-0.1, -0.05) is 31.5 Å². The molecule has 0 aliphatic carbocycles. The molecule has 0 bridgehead atoms. The molecule has 5 nitrogen and oxygen atoms in total. The summed E-state index contributed by atoms with van der Waals surface area (Å²) >= 11 is 11.7. The first-order chi connectivity index (χ1) is 14.1. The second-order valence-electron chi connectivity index (χ2n) is 8.52. The quantitative estimate of drug-likeness (QED) is 0.310. The first kappa shape index (κ1) is 22.5. The van der Waals surface area contributed by atoms with Crippen LogP contribution < -0.4 is 10.2 Å². The van der Waals surface area contributed by atoms with Gasteiger partial charge in [-0.25, -0.2) is 0 Å². The molecule has 2 heterocycles. The summed E-state index contributed by atoms with van der Waals surface area (Å²) in [7, 11) is 0. The molecule has 30 heavy (non-hydrogen) atoms. The summed E-state index contributed by atoms with van der Waals surface area (Å²) in [5.41, 5.74) is 3.01. The van der Waals surface area contributed by atoms with E-state index in [4.69, 9.17) is 23.8 Å². The predicted molar refractivity (Wildman–Crippen MR) is 127 cm³/mol. The van der Waals surface area contributed by atoms with Crippen molar-refractivity contribution in [3.63, 3.8) is 0 Å². The maximum Gasteiger partial charge on any atom is 0.265 e. The lowest BCUT2D eigenvalue weighted by Gasteiger charge is -2.47. The number of hydrogen-bond donors (Lipinski definition) is 1. The van der Waals surface area contributed by atoms with Crippen molar-refractivity contribution in [2.45, 2.75) is 52.0 Å². The Balaban J connectivity index is 2.07. The van der Waals surface area contributed by atoms with E-state index in [0.29, 0.717) is 16.5 Å². The summed E-state index contributed by atoms with van der Waals surface area (Å²) in [6.07, 6.45) is 5.18. The van der Waals surface area contributed by atoms with Crippen LogP contribution in [0.4, 0.5) is 5.69 Å². The standard InChI is InChI=1S/C23H28ClN3O2S/c1-6-8-26-21(29)17(20(28)25-22(26)30)11-15-10-16-14(3)13-23(4,5)27(9-7-2)19(16)12-18(15)24/h6,10-12,14H,1,7-9,13H2,2-5H3,(H,25,28,30)/b17-11+. The molecule has 1 aromatic rings. The number of nitrogens with zero attached hydrogens (tertiary/aromatic N) is 2. The SMILES string of the molecule is C=CCN1C(=O)/C(=C/c2cc3c(cc2Cl)N(CCC)C(C)(C)CC3C)C(=O)NC1=S. The molecule has 1 atom stereocenters. The van der Waals surface area contributed by atoms with E-state index in [9.17, 15) is 9.59 Å². The van der Waals surface area contributed by atoms with Gasteiger partial charge < -0.3 is 4.90 Å². The minimum Gasteiger partial charge on any atom is -0.366 e. The zero-order valence-electron chi connectivity index (χ0n) is 17.9. The highest BCUT2D eigenvalue weighted by Gasteiger charge is 2.37. The van der Waals surface area contributed by atoms with Gasteiger partial charge in [0, 0.05) is 29.3 Å². The smallest absolute Gasteiger partial charge is 0.265 e. The highest BCUT2D eigenvalue weighted by molar-refractivity contribution is 7.80. The molecule has 2 amide bonds. The number of halogens is 1. The van der Waals surface area contributed by atoms with Gasteiger partial charge in [0.05, 0.1) is 0 Å². The molecule has 7 heteroatoms. The Kier molecular flexibility index (Phi) is 6.39. The lowest BCUT2D eigenvalue weighted by molar-refractivity contribution is -0.128. The summed E-state index contributed by atoms with van der Waals surface area (Å²) in [4.78, 5) is 29.0. The maximum absolute atomic E-state index is 12.8. The normalized spacial score (nSPS) is 22.2. The molecule has 0 spiro atoms. The number of fused-ring (bicyclic) bond motifs is 1. The lowest BCUT2D eigenvalue weighted by atomic mass is 9.79. The summed E-state index contributed by atoms with van der Waals surface area (Å²) in [5.74, 6) is -0.627. The second-order valence-corrected chi connectivity index (χ2v) is 9.32. The average Bonchev–Trinajstić information content (AvgIpc) is 2.65. The van der Waals surface area contributed by atoms with Crippen LogP contribution in [0, 0.1) is 0 Å². The first-order valence-corrected chi connectivity index (χ1v) is 11.0. The lowest BCUT2D eigenvalue weighted by Crippen LogP contribution is -2.53. The van der Waals surface area contributed by atoms with Gasteiger partial charge in [0.2, 0.25) is 0 Å². The Labute approximate surface area is 188 Å². The topological polar surface area (TPSA) is 52.7 Å². The predicted octanol–water partition coefficient (Wildman–Crippen LogP) is 4.65. The molecule has 1 aromatic carbocycles. The van der Waals surface area contributed by atoms with Gasteiger partial charge in [-0.15, -0.1) is 6.58 Å². The van der Waals surface area contributed by atoms with E-state index in [1.165, 1.54) is 10.5 Å². The molecule has 3 rings (SSSR count). The molecule has 2 aliphatic heterocycles. The number of amides is 2. The van der Waals surface area contributed by atoms with Gasteiger partial charge in [-0.3, -0.25) is 19.8 Å². The highest BCUT2D eigenvalue weighted by Crippen LogP contribution is 2.45. The molecular formula is C23H28ClN3O2S. The summed E-state index contributed by atoms with van der Waals surface area (Å²) < 4.78 is 0. The van der Waals surface area contributed by atoms with Crippen LogP contribution in [0.2, 0.25) is 5.02 Å². The van der Waals surface area contributed by atoms with Crippen molar-refractivity contribution in [1.82, 2.24) is 10.2 Å². The van der Waals surface area contributed by atoms with Crippen LogP contribution in [-0.2, 0) is 9.59 Å². The largest absolute Gasteiger partial charge is 0.366 e. The maximum atomic E-state index is 12.8. The van der Waals surface area contributed by atoms with Crippen LogP contribution in [-0.4, -0.2) is 40.5 Å². The average molecular weight is 446 g/mol. The van der Waals surface area contributed by atoms with E-state index in [1.54, 1.807) is 12.2 Å². The minimum absolute atomic E-state index is 0.0153. The van der Waals surface area contributed by atoms with Crippen molar-refractivity contribution in [2.24, 2.45) is 0 Å². The molecule has 1 saturated heterocycles. The summed E-state index contributed by atoms with van der Waals surface area (Å²) in [6, 6.07) is 3.98. The van der Waals surface area contributed by atoms with E-state index >= 15 is 0 Å². The fourth-order valence-corrected chi connectivity index (χ4v) is 4.89. The number of benzene rings is 1. The molecular weight excluding hydrogens is 418 g/mol. The van der Waals surface area contributed by atoms with Crippen molar-refractivity contribution in [2.75, 3.05) is 18.0 Å². The number of anilines is 1. The molecule has 0 aromatic heterocycles. The Morgan fingerprint density at radius 2 is 2.07 bits per heavy atom. The van der Waals surface area contributed by atoms with Gasteiger partial charge in [0.1, 0.15) is 5.57 Å². The molecule has 2 aliphatic rings. The number of rotatable bonds is 5. The Morgan fingerprint density at radius 3 is 2.70 bits per heavy atom. The third kappa shape index (κ3) is 4.03. The molecule has 0 radical (unpaired) electrons. The Hall–Kier alpha value is -2.18. The van der Waals surface area contributed by atoms with Crippen molar-refractivity contribution in [1.29, 1.82) is 0 Å². The van der Waals surface area contributed by atoms with Crippen LogP contribution in [0.1, 0.15) is 57.6 Å². The Bertz CT molecular complexity index is 954. The third-order valence-electron chi connectivity index (χ3n) is 5.75. The molecule has 1 unspecified atom stereocenters. The van der Waals surface area contributed by atoms with E-state index in [1.807, 2.05) is 12.1 Å².